The first kappa shape index (κ1) is 14.3. The summed E-state index contributed by atoms with van der Waals surface area (Å²) in [5.74, 6) is 0.883. The van der Waals surface area contributed by atoms with E-state index in [0.717, 1.165) is 12.3 Å². The zero-order chi connectivity index (χ0) is 14.9. The first-order valence-electron chi connectivity index (χ1n) is 7.67. The van der Waals surface area contributed by atoms with Crippen molar-refractivity contribution in [3.63, 3.8) is 0 Å². The molecule has 0 bridgehead atoms. The molecule has 21 heavy (non-hydrogen) atoms. The van der Waals surface area contributed by atoms with E-state index in [9.17, 15) is 0 Å². The van der Waals surface area contributed by atoms with Gasteiger partial charge in [0.2, 0.25) is 5.90 Å². The minimum absolute atomic E-state index is 0.256. The summed E-state index contributed by atoms with van der Waals surface area (Å²) in [7, 11) is -1.27. The molecule has 1 unspecified atom stereocenters. The predicted molar refractivity (Wildman–Crippen MR) is 91.6 cm³/mol. The Labute approximate surface area is 128 Å². The van der Waals surface area contributed by atoms with Crippen molar-refractivity contribution in [2.75, 3.05) is 6.61 Å². The zero-order valence-electron chi connectivity index (χ0n) is 13.0. The van der Waals surface area contributed by atoms with Crippen molar-refractivity contribution in [1.29, 1.82) is 0 Å². The van der Waals surface area contributed by atoms with Crippen LogP contribution in [0.1, 0.15) is 5.56 Å². The summed E-state index contributed by atoms with van der Waals surface area (Å²) < 4.78 is 5.91. The van der Waals surface area contributed by atoms with Crippen molar-refractivity contribution in [3.05, 3.63) is 59.7 Å². The maximum atomic E-state index is 5.91. The molecule has 0 amide bonds. The summed E-state index contributed by atoms with van der Waals surface area (Å²) in [4.78, 5) is 4.84. The third-order valence-electron chi connectivity index (χ3n) is 4.12. The average molecular weight is 297 g/mol. The summed E-state index contributed by atoms with van der Waals surface area (Å²) in [6, 6.07) is 10.8. The van der Waals surface area contributed by atoms with Gasteiger partial charge in [0, 0.05) is 11.1 Å². The van der Waals surface area contributed by atoms with Crippen LogP contribution in [-0.2, 0) is 11.2 Å². The second-order valence-corrected chi connectivity index (χ2v) is 12.3. The summed E-state index contributed by atoms with van der Waals surface area (Å²) in [5.41, 5.74) is 3.16. The van der Waals surface area contributed by atoms with Crippen LogP contribution in [0.5, 0.6) is 0 Å². The molecule has 0 saturated carbocycles. The largest absolute Gasteiger partial charge is 0.475 e. The highest BCUT2D eigenvalue weighted by Crippen LogP contribution is 2.37. The van der Waals surface area contributed by atoms with E-state index in [0.29, 0.717) is 12.1 Å². The maximum Gasteiger partial charge on any atom is 0.212 e. The smallest absolute Gasteiger partial charge is 0.212 e. The number of hydrogen-bond donors (Lipinski definition) is 0. The number of hydrogen-bond acceptors (Lipinski definition) is 2. The Morgan fingerprint density at radius 1 is 1.19 bits per heavy atom. The van der Waals surface area contributed by atoms with Gasteiger partial charge in [0.15, 0.2) is 0 Å². The van der Waals surface area contributed by atoms with Gasteiger partial charge < -0.3 is 4.74 Å². The molecule has 2 nitrogen and oxygen atoms in total. The lowest BCUT2D eigenvalue weighted by Gasteiger charge is -2.25. The van der Waals surface area contributed by atoms with Gasteiger partial charge in [-0.3, -0.25) is 0 Å². The van der Waals surface area contributed by atoms with Crippen molar-refractivity contribution in [2.24, 2.45) is 4.99 Å². The molecule has 3 rings (SSSR count). The third-order valence-corrected chi connectivity index (χ3v) is 6.49. The van der Waals surface area contributed by atoms with Gasteiger partial charge in [-0.15, -0.1) is 0 Å². The summed E-state index contributed by atoms with van der Waals surface area (Å²) in [6.45, 7) is 7.91. The lowest BCUT2D eigenvalue weighted by atomic mass is 10.1. The van der Waals surface area contributed by atoms with Crippen LogP contribution in [0, 0.1) is 0 Å². The highest BCUT2D eigenvalue weighted by molar-refractivity contribution is 6.79. The highest BCUT2D eigenvalue weighted by atomic mass is 28.3. The molecule has 2 atom stereocenters. The predicted octanol–water partition coefficient (Wildman–Crippen LogP) is 4.23. The van der Waals surface area contributed by atoms with Crippen molar-refractivity contribution < 1.29 is 4.74 Å². The lowest BCUT2D eigenvalue weighted by Crippen LogP contribution is -2.29. The van der Waals surface area contributed by atoms with Gasteiger partial charge in [-0.25, -0.2) is 4.99 Å². The number of nitrogens with zero attached hydrogens (tertiary/aromatic N) is 1. The van der Waals surface area contributed by atoms with Crippen LogP contribution in [0.25, 0.3) is 0 Å². The number of benzene rings is 1. The Balaban J connectivity index is 1.72. The van der Waals surface area contributed by atoms with Crippen LogP contribution in [0.15, 0.2) is 59.1 Å². The van der Waals surface area contributed by atoms with Gasteiger partial charge in [0.25, 0.3) is 0 Å². The number of ether oxygens (including phenoxy) is 1. The summed E-state index contributed by atoms with van der Waals surface area (Å²) in [5, 5.41) is 0. The molecule has 0 spiro atoms. The van der Waals surface area contributed by atoms with E-state index in [-0.39, 0.29) is 6.04 Å². The van der Waals surface area contributed by atoms with Crippen LogP contribution < -0.4 is 0 Å². The van der Waals surface area contributed by atoms with E-state index < -0.39 is 8.07 Å². The molecule has 1 aromatic rings. The van der Waals surface area contributed by atoms with E-state index in [1.54, 1.807) is 0 Å². The van der Waals surface area contributed by atoms with E-state index >= 15 is 0 Å². The lowest BCUT2D eigenvalue weighted by molar-refractivity contribution is 0.316. The molecular formula is C18H23NOSi. The fourth-order valence-electron chi connectivity index (χ4n) is 3.00. The SMILES string of the molecule is C[Si](C)(C)C1C=CC=C1C1=N[C@@H](Cc2ccccc2)CO1. The van der Waals surface area contributed by atoms with Crippen LogP contribution in [0.3, 0.4) is 0 Å². The normalized spacial score (nSPS) is 24.7. The van der Waals surface area contributed by atoms with Crippen molar-refractivity contribution in [2.45, 2.75) is 37.6 Å². The Morgan fingerprint density at radius 2 is 1.95 bits per heavy atom. The van der Waals surface area contributed by atoms with Gasteiger partial charge in [0.05, 0.1) is 14.1 Å². The standard InChI is InChI=1S/C18H23NOSi/c1-21(2,3)17-11-7-10-16(17)18-19-15(13-20-18)12-14-8-5-4-6-9-14/h4-11,15,17H,12-13H2,1-3H3/t15-,17?/m0/s1. The minimum atomic E-state index is -1.27. The van der Waals surface area contributed by atoms with Gasteiger partial charge in [-0.2, -0.15) is 0 Å². The molecule has 0 saturated heterocycles. The monoisotopic (exact) mass is 297 g/mol. The molecule has 0 fully saturated rings. The Morgan fingerprint density at radius 3 is 2.67 bits per heavy atom. The Bertz CT molecular complexity index is 595. The van der Waals surface area contributed by atoms with E-state index in [4.69, 9.17) is 9.73 Å². The van der Waals surface area contributed by atoms with Crippen molar-refractivity contribution in [1.82, 2.24) is 0 Å². The van der Waals surface area contributed by atoms with E-state index in [2.05, 4.69) is 68.2 Å². The highest BCUT2D eigenvalue weighted by Gasteiger charge is 2.34. The molecule has 1 heterocycles. The molecule has 0 radical (unpaired) electrons. The van der Waals surface area contributed by atoms with Crippen molar-refractivity contribution in [3.8, 4) is 0 Å². The third kappa shape index (κ3) is 3.18. The minimum Gasteiger partial charge on any atom is -0.475 e. The van der Waals surface area contributed by atoms with Gasteiger partial charge in [0.1, 0.15) is 6.61 Å². The fourth-order valence-corrected chi connectivity index (χ4v) is 4.84. The first-order valence-corrected chi connectivity index (χ1v) is 11.2. The quantitative estimate of drug-likeness (QED) is 0.762. The second-order valence-electron chi connectivity index (χ2n) is 6.94. The molecule has 1 aromatic carbocycles. The summed E-state index contributed by atoms with van der Waals surface area (Å²) in [6.07, 6.45) is 7.63. The first-order chi connectivity index (χ1) is 10.0. The van der Waals surface area contributed by atoms with Gasteiger partial charge in [-0.1, -0.05) is 68.2 Å². The molecule has 0 N–H and O–H groups in total. The van der Waals surface area contributed by atoms with Crippen LogP contribution >= 0.6 is 0 Å². The van der Waals surface area contributed by atoms with Crippen LogP contribution in [0.4, 0.5) is 0 Å². The molecule has 3 heteroatoms. The van der Waals surface area contributed by atoms with Gasteiger partial charge >= 0.3 is 0 Å². The Hall–Kier alpha value is -1.61. The van der Waals surface area contributed by atoms with E-state index in [1.165, 1.54) is 11.1 Å². The molecular weight excluding hydrogens is 274 g/mol. The Kier molecular flexibility index (Phi) is 3.85. The zero-order valence-corrected chi connectivity index (χ0v) is 14.0. The number of allylic oxidation sites excluding steroid dienone is 3. The molecule has 2 aliphatic rings. The molecule has 1 aliphatic carbocycles. The second kappa shape index (κ2) is 5.64. The molecule has 110 valence electrons. The summed E-state index contributed by atoms with van der Waals surface area (Å²) >= 11 is 0. The molecule has 1 aliphatic heterocycles. The number of rotatable bonds is 4. The molecule has 0 aromatic heterocycles. The topological polar surface area (TPSA) is 21.6 Å². The van der Waals surface area contributed by atoms with Crippen LogP contribution in [0.2, 0.25) is 25.2 Å². The van der Waals surface area contributed by atoms with Gasteiger partial charge in [-0.05, 0) is 12.0 Å². The van der Waals surface area contributed by atoms with Crippen LogP contribution in [-0.4, -0.2) is 26.6 Å². The number of aliphatic imine (C=N–C) groups is 1. The average Bonchev–Trinajstić information content (AvgIpc) is 3.07. The van der Waals surface area contributed by atoms with E-state index in [1.807, 2.05) is 0 Å². The fraction of sp³-hybridized carbons (Fsp3) is 0.389. The maximum absolute atomic E-state index is 5.91. The van der Waals surface area contributed by atoms with Crippen molar-refractivity contribution >= 4 is 14.0 Å².